The molecule has 6 nitrogen and oxygen atoms in total. The van der Waals surface area contributed by atoms with Crippen molar-refractivity contribution in [3.8, 4) is 0 Å². The topological polar surface area (TPSA) is 61.9 Å². The minimum Gasteiger partial charge on any atom is -0.381 e. The van der Waals surface area contributed by atoms with Crippen molar-refractivity contribution in [1.29, 1.82) is 0 Å². The Morgan fingerprint density at radius 2 is 1.90 bits per heavy atom. The second kappa shape index (κ2) is 5.76. The first-order valence-corrected chi connectivity index (χ1v) is 8.20. The second-order valence-electron chi connectivity index (χ2n) is 5.89. The Labute approximate surface area is 132 Å². The van der Waals surface area contributed by atoms with Gasteiger partial charge in [-0.3, -0.25) is 9.69 Å². The summed E-state index contributed by atoms with van der Waals surface area (Å²) in [4.78, 5) is 26.3. The number of piperidine rings is 1. The summed E-state index contributed by atoms with van der Waals surface area (Å²) in [5, 5.41) is 2.96. The molecule has 0 aromatic rings. The average Bonchev–Trinajstić information content (AvgIpc) is 2.68. The van der Waals surface area contributed by atoms with Gasteiger partial charge in [-0.15, -0.1) is 0 Å². The maximum atomic E-state index is 12.7. The van der Waals surface area contributed by atoms with Gasteiger partial charge in [-0.1, -0.05) is 0 Å². The number of carbonyl (C=O) groups excluding carboxylic acids is 2. The van der Waals surface area contributed by atoms with Gasteiger partial charge in [-0.25, -0.2) is 7.91 Å². The highest BCUT2D eigenvalue weighted by Gasteiger charge is 2.52. The number of rotatable bonds is 2. The molecule has 0 bridgehead atoms. The molecule has 0 aromatic heterocycles. The summed E-state index contributed by atoms with van der Waals surface area (Å²) < 4.78 is 7.50. The second-order valence-corrected chi connectivity index (χ2v) is 7.26. The molecule has 3 heterocycles. The molecule has 3 fully saturated rings. The molecule has 0 radical (unpaired) electrons. The third-order valence-corrected chi connectivity index (χ3v) is 5.55. The number of amides is 3. The Hall–Kier alpha value is -0.410. The lowest BCUT2D eigenvalue weighted by Gasteiger charge is -2.34. The van der Waals surface area contributed by atoms with E-state index in [2.05, 4.69) is 31.3 Å². The van der Waals surface area contributed by atoms with Crippen LogP contribution in [0.5, 0.6) is 0 Å². The Balaban J connectivity index is 1.67. The van der Waals surface area contributed by atoms with Crippen molar-refractivity contribution < 1.29 is 14.3 Å². The first-order valence-electron chi connectivity index (χ1n) is 7.23. The molecule has 0 saturated carbocycles. The van der Waals surface area contributed by atoms with Crippen molar-refractivity contribution in [2.75, 3.05) is 32.8 Å². The lowest BCUT2D eigenvalue weighted by molar-refractivity contribution is -0.133. The molecule has 20 heavy (non-hydrogen) atoms. The van der Waals surface area contributed by atoms with Crippen LogP contribution in [0.15, 0.2) is 0 Å². The van der Waals surface area contributed by atoms with Crippen LogP contribution in [0.1, 0.15) is 25.7 Å². The molecule has 0 atom stereocenters. The first kappa shape index (κ1) is 14.5. The quantitative estimate of drug-likeness (QED) is 0.435. The van der Waals surface area contributed by atoms with Crippen LogP contribution in [0.25, 0.3) is 0 Å². The van der Waals surface area contributed by atoms with Crippen LogP contribution < -0.4 is 5.32 Å². The molecular formula is C13H20IN3O3. The molecule has 7 heteroatoms. The number of imide groups is 1. The van der Waals surface area contributed by atoms with Crippen LogP contribution in [0.2, 0.25) is 0 Å². The maximum Gasteiger partial charge on any atom is 0.325 e. The third kappa shape index (κ3) is 2.67. The van der Waals surface area contributed by atoms with E-state index in [4.69, 9.17) is 4.74 Å². The van der Waals surface area contributed by atoms with E-state index in [1.165, 1.54) is 4.90 Å². The number of hydrogen-bond acceptors (Lipinski definition) is 4. The number of hydrogen-bond donors (Lipinski definition) is 1. The van der Waals surface area contributed by atoms with Crippen molar-refractivity contribution in [1.82, 2.24) is 13.3 Å². The molecule has 3 aliphatic rings. The summed E-state index contributed by atoms with van der Waals surface area (Å²) >= 11 is 2.27. The minimum atomic E-state index is -0.635. The number of nitrogens with one attached hydrogen (secondary N) is 1. The molecule has 1 spiro atoms. The molecule has 3 saturated heterocycles. The highest BCUT2D eigenvalue weighted by atomic mass is 127. The van der Waals surface area contributed by atoms with E-state index in [-0.39, 0.29) is 11.9 Å². The Bertz CT molecular complexity index is 404. The van der Waals surface area contributed by atoms with Crippen molar-refractivity contribution in [2.24, 2.45) is 5.92 Å². The van der Waals surface area contributed by atoms with E-state index in [0.29, 0.717) is 25.3 Å². The number of nitrogens with zero attached hydrogens (tertiary/aromatic N) is 2. The summed E-state index contributed by atoms with van der Waals surface area (Å²) in [5.74, 6) is 0.372. The van der Waals surface area contributed by atoms with E-state index in [1.807, 2.05) is 0 Å². The maximum absolute atomic E-state index is 12.7. The molecule has 112 valence electrons. The molecule has 3 rings (SSSR count). The van der Waals surface area contributed by atoms with Crippen molar-refractivity contribution in [3.63, 3.8) is 0 Å². The fourth-order valence-electron chi connectivity index (χ4n) is 3.23. The van der Waals surface area contributed by atoms with Gasteiger partial charge < -0.3 is 10.1 Å². The molecular weight excluding hydrogens is 373 g/mol. The van der Waals surface area contributed by atoms with Crippen molar-refractivity contribution in [2.45, 2.75) is 31.2 Å². The smallest absolute Gasteiger partial charge is 0.325 e. The monoisotopic (exact) mass is 393 g/mol. The lowest BCUT2D eigenvalue weighted by atomic mass is 9.88. The van der Waals surface area contributed by atoms with E-state index in [1.54, 1.807) is 0 Å². The lowest BCUT2D eigenvalue weighted by Crippen LogP contribution is -2.53. The van der Waals surface area contributed by atoms with Gasteiger partial charge in [0.2, 0.25) is 0 Å². The molecule has 3 amide bonds. The van der Waals surface area contributed by atoms with Crippen molar-refractivity contribution >= 4 is 34.8 Å². The largest absolute Gasteiger partial charge is 0.381 e. The fourth-order valence-corrected chi connectivity index (χ4v) is 3.71. The molecule has 1 N–H and O–H groups in total. The van der Waals surface area contributed by atoms with Gasteiger partial charge in [-0.05, 0) is 31.6 Å². The number of ether oxygens (including phenoxy) is 1. The molecule has 3 aliphatic heterocycles. The van der Waals surface area contributed by atoms with Crippen LogP contribution in [-0.2, 0) is 9.53 Å². The zero-order valence-corrected chi connectivity index (χ0v) is 13.6. The van der Waals surface area contributed by atoms with Crippen LogP contribution >= 0.6 is 22.9 Å². The first-order chi connectivity index (χ1) is 9.61. The summed E-state index contributed by atoms with van der Waals surface area (Å²) in [6.07, 6.45) is 3.30. The van der Waals surface area contributed by atoms with E-state index < -0.39 is 5.54 Å². The number of halogens is 1. The van der Waals surface area contributed by atoms with Crippen molar-refractivity contribution in [3.05, 3.63) is 0 Å². The minimum absolute atomic E-state index is 0.0153. The molecule has 0 aromatic carbocycles. The van der Waals surface area contributed by atoms with Crippen LogP contribution in [0, 0.1) is 5.92 Å². The van der Waals surface area contributed by atoms with E-state index >= 15 is 0 Å². The predicted molar refractivity (Wildman–Crippen MR) is 81.3 cm³/mol. The highest BCUT2D eigenvalue weighted by Crippen LogP contribution is 2.31. The zero-order chi connectivity index (χ0) is 14.2. The van der Waals surface area contributed by atoms with Gasteiger partial charge in [0, 0.05) is 55.7 Å². The Morgan fingerprint density at radius 3 is 2.55 bits per heavy atom. The zero-order valence-electron chi connectivity index (χ0n) is 11.4. The number of carbonyl (C=O) groups is 2. The van der Waals surface area contributed by atoms with Gasteiger partial charge in [0.1, 0.15) is 5.54 Å². The van der Waals surface area contributed by atoms with Gasteiger partial charge in [0.25, 0.3) is 5.91 Å². The highest BCUT2D eigenvalue weighted by molar-refractivity contribution is 14.1. The summed E-state index contributed by atoms with van der Waals surface area (Å²) in [5.41, 5.74) is -0.635. The predicted octanol–water partition coefficient (Wildman–Crippen LogP) is 1.15. The van der Waals surface area contributed by atoms with Crippen LogP contribution in [0.4, 0.5) is 4.79 Å². The van der Waals surface area contributed by atoms with Crippen LogP contribution in [0.3, 0.4) is 0 Å². The third-order valence-electron chi connectivity index (χ3n) is 4.59. The van der Waals surface area contributed by atoms with E-state index in [9.17, 15) is 9.59 Å². The van der Waals surface area contributed by atoms with Gasteiger partial charge in [0.15, 0.2) is 0 Å². The van der Waals surface area contributed by atoms with Gasteiger partial charge in [-0.2, -0.15) is 0 Å². The molecule has 0 aliphatic carbocycles. The van der Waals surface area contributed by atoms with Gasteiger partial charge in [0.05, 0.1) is 0 Å². The Kier molecular flexibility index (Phi) is 4.19. The fraction of sp³-hybridized carbons (Fsp3) is 0.846. The SMILES string of the molecule is O=C1NC2(CCN(I)CC2)C(=O)N1CC1CCOCC1. The average molecular weight is 393 g/mol. The normalized spacial score (nSPS) is 28.1. The summed E-state index contributed by atoms with van der Waals surface area (Å²) in [6.45, 7) is 3.71. The summed E-state index contributed by atoms with van der Waals surface area (Å²) in [6, 6.07) is -0.205. The van der Waals surface area contributed by atoms with Gasteiger partial charge >= 0.3 is 6.03 Å². The molecule has 0 unspecified atom stereocenters. The van der Waals surface area contributed by atoms with E-state index in [0.717, 1.165) is 39.1 Å². The standard InChI is InChI=1S/C13H20IN3O3/c14-16-5-3-13(4-6-16)11(18)17(12(19)15-13)9-10-1-7-20-8-2-10/h10H,1-9H2,(H,15,19). The Morgan fingerprint density at radius 1 is 1.25 bits per heavy atom. The number of urea groups is 1. The summed E-state index contributed by atoms with van der Waals surface area (Å²) in [7, 11) is 0. The van der Waals surface area contributed by atoms with Crippen LogP contribution in [-0.4, -0.2) is 58.3 Å².